The second-order valence-electron chi connectivity index (χ2n) is 6.45. The highest BCUT2D eigenvalue weighted by molar-refractivity contribution is 7.92. The summed E-state index contributed by atoms with van der Waals surface area (Å²) in [4.78, 5) is 16.7. The minimum atomic E-state index is -3.80. The number of benzene rings is 2. The summed E-state index contributed by atoms with van der Waals surface area (Å²) in [6.07, 6.45) is 1.67. The molecule has 3 aromatic rings. The normalized spacial score (nSPS) is 11.1. The lowest BCUT2D eigenvalue weighted by Crippen LogP contribution is -2.24. The summed E-state index contributed by atoms with van der Waals surface area (Å²) in [6, 6.07) is 16.8. The van der Waals surface area contributed by atoms with Crippen LogP contribution in [-0.2, 0) is 16.6 Å². The van der Waals surface area contributed by atoms with E-state index in [9.17, 15) is 13.2 Å². The third kappa shape index (κ3) is 4.75. The summed E-state index contributed by atoms with van der Waals surface area (Å²) in [5.41, 5.74) is 3.42. The third-order valence-electron chi connectivity index (χ3n) is 4.21. The van der Waals surface area contributed by atoms with Gasteiger partial charge in [0.25, 0.3) is 15.9 Å². The molecule has 0 saturated heterocycles. The van der Waals surface area contributed by atoms with Crippen molar-refractivity contribution in [2.75, 3.05) is 4.72 Å². The zero-order chi connectivity index (χ0) is 20.1. The Morgan fingerprint density at radius 1 is 1.00 bits per heavy atom. The van der Waals surface area contributed by atoms with Crippen LogP contribution in [0, 0.1) is 13.8 Å². The fourth-order valence-corrected chi connectivity index (χ4v) is 3.79. The fourth-order valence-electron chi connectivity index (χ4n) is 2.70. The lowest BCUT2D eigenvalue weighted by Gasteiger charge is -2.11. The highest BCUT2D eigenvalue weighted by Gasteiger charge is 2.17. The maximum atomic E-state index is 12.7. The molecule has 0 saturated carbocycles. The Labute approximate surface area is 164 Å². The van der Waals surface area contributed by atoms with Crippen LogP contribution < -0.4 is 10.0 Å². The molecule has 1 heterocycles. The standard InChI is InChI=1S/C21H21N3O3S/c1-15-6-3-9-18(12-15)24-28(26,27)19-10-4-8-17(13-19)21(25)23-14-20-16(2)7-5-11-22-20/h3-13,24H,14H2,1-2H3,(H,23,25). The van der Waals surface area contributed by atoms with Gasteiger partial charge in [0, 0.05) is 17.4 Å². The van der Waals surface area contributed by atoms with Crippen LogP contribution in [0.5, 0.6) is 0 Å². The van der Waals surface area contributed by atoms with E-state index in [1.54, 1.807) is 36.5 Å². The molecule has 0 atom stereocenters. The first-order valence-electron chi connectivity index (χ1n) is 8.73. The van der Waals surface area contributed by atoms with Crippen LogP contribution in [0.4, 0.5) is 5.69 Å². The quantitative estimate of drug-likeness (QED) is 0.669. The summed E-state index contributed by atoms with van der Waals surface area (Å²) >= 11 is 0. The van der Waals surface area contributed by atoms with Gasteiger partial charge in [-0.2, -0.15) is 0 Å². The molecule has 1 aromatic heterocycles. The minimum Gasteiger partial charge on any atom is -0.346 e. The Bertz CT molecular complexity index is 1110. The number of nitrogens with one attached hydrogen (secondary N) is 2. The Balaban J connectivity index is 1.75. The number of anilines is 1. The second kappa shape index (κ2) is 8.22. The van der Waals surface area contributed by atoms with Gasteiger partial charge in [0.2, 0.25) is 0 Å². The van der Waals surface area contributed by atoms with Crippen LogP contribution in [0.3, 0.4) is 0 Å². The van der Waals surface area contributed by atoms with Crippen LogP contribution in [0.25, 0.3) is 0 Å². The molecule has 0 radical (unpaired) electrons. The molecule has 2 N–H and O–H groups in total. The summed E-state index contributed by atoms with van der Waals surface area (Å²) in [7, 11) is -3.80. The van der Waals surface area contributed by atoms with E-state index in [2.05, 4.69) is 15.0 Å². The maximum Gasteiger partial charge on any atom is 0.261 e. The van der Waals surface area contributed by atoms with E-state index in [4.69, 9.17) is 0 Å². The van der Waals surface area contributed by atoms with Gasteiger partial charge in [0.05, 0.1) is 17.1 Å². The van der Waals surface area contributed by atoms with Gasteiger partial charge in [-0.25, -0.2) is 8.42 Å². The number of carbonyl (C=O) groups is 1. The van der Waals surface area contributed by atoms with Crippen LogP contribution >= 0.6 is 0 Å². The Morgan fingerprint density at radius 3 is 2.54 bits per heavy atom. The summed E-state index contributed by atoms with van der Waals surface area (Å²) in [5, 5.41) is 2.78. The summed E-state index contributed by atoms with van der Waals surface area (Å²) < 4.78 is 27.9. The number of hydrogen-bond donors (Lipinski definition) is 2. The number of hydrogen-bond acceptors (Lipinski definition) is 4. The molecule has 144 valence electrons. The molecular formula is C21H21N3O3S. The lowest BCUT2D eigenvalue weighted by molar-refractivity contribution is 0.0950. The molecule has 0 aliphatic carbocycles. The molecule has 0 aliphatic rings. The highest BCUT2D eigenvalue weighted by atomic mass is 32.2. The monoisotopic (exact) mass is 395 g/mol. The molecule has 2 aromatic carbocycles. The van der Waals surface area contributed by atoms with Crippen LogP contribution in [0.2, 0.25) is 0 Å². The third-order valence-corrected chi connectivity index (χ3v) is 5.59. The number of aryl methyl sites for hydroxylation is 2. The molecule has 0 spiro atoms. The first-order valence-corrected chi connectivity index (χ1v) is 10.2. The van der Waals surface area contributed by atoms with E-state index in [0.29, 0.717) is 5.69 Å². The number of pyridine rings is 1. The van der Waals surface area contributed by atoms with Crippen molar-refractivity contribution in [2.24, 2.45) is 0 Å². The zero-order valence-corrected chi connectivity index (χ0v) is 16.5. The maximum absolute atomic E-state index is 12.7. The van der Waals surface area contributed by atoms with E-state index in [0.717, 1.165) is 16.8 Å². The molecule has 0 bridgehead atoms. The molecule has 28 heavy (non-hydrogen) atoms. The molecule has 7 heteroatoms. The summed E-state index contributed by atoms with van der Waals surface area (Å²) in [6.45, 7) is 4.06. The number of aromatic nitrogens is 1. The molecule has 0 unspecified atom stereocenters. The van der Waals surface area contributed by atoms with Crippen molar-refractivity contribution in [2.45, 2.75) is 25.3 Å². The fraction of sp³-hybridized carbons (Fsp3) is 0.143. The van der Waals surface area contributed by atoms with Gasteiger partial charge >= 0.3 is 0 Å². The first kappa shape index (κ1) is 19.6. The van der Waals surface area contributed by atoms with Gasteiger partial charge in [0.15, 0.2) is 0 Å². The number of nitrogens with zero attached hydrogens (tertiary/aromatic N) is 1. The van der Waals surface area contributed by atoms with Crippen molar-refractivity contribution in [3.63, 3.8) is 0 Å². The Morgan fingerprint density at radius 2 is 1.79 bits per heavy atom. The van der Waals surface area contributed by atoms with Crippen molar-refractivity contribution in [1.82, 2.24) is 10.3 Å². The van der Waals surface area contributed by atoms with Gasteiger partial charge in [-0.05, 0) is 61.4 Å². The number of carbonyl (C=O) groups excluding carboxylic acids is 1. The van der Waals surface area contributed by atoms with Crippen molar-refractivity contribution in [3.8, 4) is 0 Å². The zero-order valence-electron chi connectivity index (χ0n) is 15.6. The molecular weight excluding hydrogens is 374 g/mol. The van der Waals surface area contributed by atoms with Gasteiger partial charge in [-0.1, -0.05) is 24.3 Å². The number of sulfonamides is 1. The summed E-state index contributed by atoms with van der Waals surface area (Å²) in [5.74, 6) is -0.363. The second-order valence-corrected chi connectivity index (χ2v) is 8.13. The Hall–Kier alpha value is -3.19. The number of rotatable bonds is 6. The SMILES string of the molecule is Cc1cccc(NS(=O)(=O)c2cccc(C(=O)NCc3ncccc3C)c2)c1. The van der Waals surface area contributed by atoms with Crippen LogP contribution in [0.15, 0.2) is 71.8 Å². The largest absolute Gasteiger partial charge is 0.346 e. The average Bonchev–Trinajstić information content (AvgIpc) is 2.67. The predicted molar refractivity (Wildman–Crippen MR) is 109 cm³/mol. The van der Waals surface area contributed by atoms with Crippen LogP contribution in [-0.4, -0.2) is 19.3 Å². The van der Waals surface area contributed by atoms with E-state index in [-0.39, 0.29) is 22.9 Å². The first-order chi connectivity index (χ1) is 13.3. The molecule has 1 amide bonds. The Kier molecular flexibility index (Phi) is 5.75. The lowest BCUT2D eigenvalue weighted by atomic mass is 10.2. The van der Waals surface area contributed by atoms with Crippen molar-refractivity contribution in [3.05, 3.63) is 89.2 Å². The van der Waals surface area contributed by atoms with Gasteiger partial charge in [-0.3, -0.25) is 14.5 Å². The van der Waals surface area contributed by atoms with E-state index in [1.807, 2.05) is 32.0 Å². The van der Waals surface area contributed by atoms with Crippen molar-refractivity contribution < 1.29 is 13.2 Å². The molecule has 6 nitrogen and oxygen atoms in total. The van der Waals surface area contributed by atoms with Crippen molar-refractivity contribution in [1.29, 1.82) is 0 Å². The van der Waals surface area contributed by atoms with Gasteiger partial charge in [0.1, 0.15) is 0 Å². The molecule has 0 fully saturated rings. The van der Waals surface area contributed by atoms with Crippen LogP contribution in [0.1, 0.15) is 27.2 Å². The highest BCUT2D eigenvalue weighted by Crippen LogP contribution is 2.18. The topological polar surface area (TPSA) is 88.2 Å². The molecule has 3 rings (SSSR count). The smallest absolute Gasteiger partial charge is 0.261 e. The number of amides is 1. The average molecular weight is 395 g/mol. The van der Waals surface area contributed by atoms with Crippen molar-refractivity contribution >= 4 is 21.6 Å². The minimum absolute atomic E-state index is 0.0238. The van der Waals surface area contributed by atoms with Gasteiger partial charge in [-0.15, -0.1) is 0 Å². The van der Waals surface area contributed by atoms with Gasteiger partial charge < -0.3 is 5.32 Å². The predicted octanol–water partition coefficient (Wildman–Crippen LogP) is 3.43. The van der Waals surface area contributed by atoms with E-state index in [1.165, 1.54) is 12.1 Å². The van der Waals surface area contributed by atoms with E-state index >= 15 is 0 Å². The van der Waals surface area contributed by atoms with E-state index < -0.39 is 10.0 Å². The molecule has 0 aliphatic heterocycles.